The lowest BCUT2D eigenvalue weighted by molar-refractivity contribution is -0.00966. The van der Waals surface area contributed by atoms with Crippen molar-refractivity contribution in [1.29, 1.82) is 0 Å². The van der Waals surface area contributed by atoms with Crippen LogP contribution in [0.1, 0.15) is 39.1 Å². The van der Waals surface area contributed by atoms with Gasteiger partial charge < -0.3 is 10.1 Å². The summed E-state index contributed by atoms with van der Waals surface area (Å²) < 4.78 is 8.94. The Balaban J connectivity index is 3.05. The third kappa shape index (κ3) is 3.83. The molecule has 0 aromatic carbocycles. The van der Waals surface area contributed by atoms with E-state index < -0.39 is 0 Å². The number of nitrogens with zero attached hydrogens (tertiary/aromatic N) is 2. The summed E-state index contributed by atoms with van der Waals surface area (Å²) in [4.78, 5) is 0. The van der Waals surface area contributed by atoms with Gasteiger partial charge in [0.2, 0.25) is 0 Å². The molecule has 1 N–H and O–H groups in total. The molecule has 5 heteroatoms. The van der Waals surface area contributed by atoms with Crippen LogP contribution in [0.2, 0.25) is 0 Å². The molecule has 0 bridgehead atoms. The molecule has 1 aromatic heterocycles. The van der Waals surface area contributed by atoms with Gasteiger partial charge in [0.1, 0.15) is 0 Å². The van der Waals surface area contributed by atoms with Crippen LogP contribution >= 0.6 is 15.9 Å². The van der Waals surface area contributed by atoms with Crippen LogP contribution in [0.15, 0.2) is 4.47 Å². The molecule has 2 unspecified atom stereocenters. The monoisotopic (exact) mass is 345 g/mol. The standard InChI is InChI=1S/C15H28BrN3O/c1-8-19-12(13(16)10(2)18-19)9-11(17-6)14(20-7)15(3,4)5/h11,14,17H,8-9H2,1-7H3. The molecule has 0 aliphatic heterocycles. The number of rotatable bonds is 6. The second-order valence-electron chi connectivity index (χ2n) is 6.28. The number of aromatic nitrogens is 2. The van der Waals surface area contributed by atoms with Gasteiger partial charge in [-0.25, -0.2) is 0 Å². The van der Waals surface area contributed by atoms with Gasteiger partial charge in [0.15, 0.2) is 0 Å². The minimum Gasteiger partial charge on any atom is -0.379 e. The van der Waals surface area contributed by atoms with Crippen molar-refractivity contribution in [3.05, 3.63) is 15.9 Å². The SMILES string of the molecule is CCn1nc(C)c(Br)c1CC(NC)C(OC)C(C)(C)C. The van der Waals surface area contributed by atoms with Gasteiger partial charge in [0.25, 0.3) is 0 Å². The Morgan fingerprint density at radius 3 is 2.40 bits per heavy atom. The summed E-state index contributed by atoms with van der Waals surface area (Å²) in [6.45, 7) is 11.7. The molecular formula is C15H28BrN3O. The first-order valence-corrected chi connectivity index (χ1v) is 7.97. The Morgan fingerprint density at radius 2 is 2.00 bits per heavy atom. The Morgan fingerprint density at radius 1 is 1.40 bits per heavy atom. The third-order valence-corrected chi connectivity index (χ3v) is 4.74. The summed E-state index contributed by atoms with van der Waals surface area (Å²) in [5.74, 6) is 0. The minimum atomic E-state index is 0.0843. The van der Waals surface area contributed by atoms with Gasteiger partial charge in [-0.05, 0) is 42.2 Å². The van der Waals surface area contributed by atoms with Gasteiger partial charge in [-0.3, -0.25) is 4.68 Å². The van der Waals surface area contributed by atoms with Gasteiger partial charge in [0.05, 0.1) is 22.0 Å². The van der Waals surface area contributed by atoms with Crippen LogP contribution in [0.25, 0.3) is 0 Å². The maximum Gasteiger partial charge on any atom is 0.0776 e. The molecule has 0 radical (unpaired) electrons. The normalized spacial score (nSPS) is 15.4. The zero-order valence-corrected chi connectivity index (χ0v) is 15.3. The fraction of sp³-hybridized carbons (Fsp3) is 0.800. The highest BCUT2D eigenvalue weighted by Gasteiger charge is 2.32. The van der Waals surface area contributed by atoms with Crippen LogP contribution in [-0.4, -0.2) is 36.1 Å². The first-order valence-electron chi connectivity index (χ1n) is 7.18. The van der Waals surface area contributed by atoms with E-state index in [0.29, 0.717) is 0 Å². The van der Waals surface area contributed by atoms with Crippen molar-refractivity contribution in [2.75, 3.05) is 14.2 Å². The molecule has 0 fully saturated rings. The molecule has 0 aliphatic carbocycles. The zero-order valence-electron chi connectivity index (χ0n) is 13.7. The largest absolute Gasteiger partial charge is 0.379 e. The number of halogens is 1. The Kier molecular flexibility index (Phi) is 6.23. The lowest BCUT2D eigenvalue weighted by atomic mass is 9.83. The van der Waals surface area contributed by atoms with Crippen molar-refractivity contribution >= 4 is 15.9 Å². The van der Waals surface area contributed by atoms with Gasteiger partial charge in [-0.2, -0.15) is 5.10 Å². The molecule has 2 atom stereocenters. The molecule has 1 aromatic rings. The van der Waals surface area contributed by atoms with Crippen molar-refractivity contribution in [3.63, 3.8) is 0 Å². The number of hydrogen-bond donors (Lipinski definition) is 1. The predicted molar refractivity (Wildman–Crippen MR) is 87.1 cm³/mol. The fourth-order valence-electron chi connectivity index (χ4n) is 2.75. The first-order chi connectivity index (χ1) is 9.26. The van der Waals surface area contributed by atoms with E-state index >= 15 is 0 Å². The number of hydrogen-bond acceptors (Lipinski definition) is 3. The zero-order chi connectivity index (χ0) is 15.5. The van der Waals surface area contributed by atoms with E-state index in [9.17, 15) is 0 Å². The van der Waals surface area contributed by atoms with Gasteiger partial charge in [-0.15, -0.1) is 0 Å². The van der Waals surface area contributed by atoms with Gasteiger partial charge in [0, 0.05) is 26.1 Å². The van der Waals surface area contributed by atoms with Gasteiger partial charge in [-0.1, -0.05) is 20.8 Å². The predicted octanol–water partition coefficient (Wildman–Crippen LogP) is 3.17. The number of nitrogens with one attached hydrogen (secondary N) is 1. The van der Waals surface area contributed by atoms with Crippen molar-refractivity contribution in [1.82, 2.24) is 15.1 Å². The van der Waals surface area contributed by atoms with E-state index in [4.69, 9.17) is 4.74 Å². The van der Waals surface area contributed by atoms with E-state index in [-0.39, 0.29) is 17.6 Å². The molecule has 0 saturated heterocycles. The lowest BCUT2D eigenvalue weighted by Gasteiger charge is -2.36. The highest BCUT2D eigenvalue weighted by Crippen LogP contribution is 2.28. The van der Waals surface area contributed by atoms with E-state index in [1.54, 1.807) is 7.11 Å². The van der Waals surface area contributed by atoms with Gasteiger partial charge >= 0.3 is 0 Å². The Labute approximate surface area is 131 Å². The summed E-state index contributed by atoms with van der Waals surface area (Å²) in [5, 5.41) is 7.97. The quantitative estimate of drug-likeness (QED) is 0.860. The van der Waals surface area contributed by atoms with Crippen LogP contribution in [0.4, 0.5) is 0 Å². The smallest absolute Gasteiger partial charge is 0.0776 e. The van der Waals surface area contributed by atoms with Crippen LogP contribution < -0.4 is 5.32 Å². The van der Waals surface area contributed by atoms with Crippen LogP contribution in [0.3, 0.4) is 0 Å². The lowest BCUT2D eigenvalue weighted by Crippen LogP contribution is -2.48. The van der Waals surface area contributed by atoms with Crippen LogP contribution in [-0.2, 0) is 17.7 Å². The Bertz CT molecular complexity index is 437. The van der Waals surface area contributed by atoms with Crippen LogP contribution in [0.5, 0.6) is 0 Å². The average molecular weight is 346 g/mol. The summed E-state index contributed by atoms with van der Waals surface area (Å²) in [5.41, 5.74) is 2.36. The van der Waals surface area contributed by atoms with Crippen molar-refractivity contribution in [2.24, 2.45) is 5.41 Å². The van der Waals surface area contributed by atoms with Crippen molar-refractivity contribution in [2.45, 2.75) is 59.7 Å². The highest BCUT2D eigenvalue weighted by molar-refractivity contribution is 9.10. The number of ether oxygens (including phenoxy) is 1. The maximum absolute atomic E-state index is 5.75. The average Bonchev–Trinajstić information content (AvgIpc) is 2.64. The molecule has 0 spiro atoms. The number of likely N-dealkylation sites (N-methyl/N-ethyl adjacent to an activating group) is 1. The second kappa shape index (κ2) is 7.05. The summed E-state index contributed by atoms with van der Waals surface area (Å²) in [7, 11) is 3.79. The summed E-state index contributed by atoms with van der Waals surface area (Å²) in [6, 6.07) is 0.248. The maximum atomic E-state index is 5.75. The third-order valence-electron chi connectivity index (χ3n) is 3.71. The molecule has 4 nitrogen and oxygen atoms in total. The van der Waals surface area contributed by atoms with E-state index in [1.807, 2.05) is 14.0 Å². The highest BCUT2D eigenvalue weighted by atomic mass is 79.9. The molecular weight excluding hydrogens is 318 g/mol. The molecule has 116 valence electrons. The number of methoxy groups -OCH3 is 1. The van der Waals surface area contributed by atoms with E-state index in [0.717, 1.165) is 23.1 Å². The van der Waals surface area contributed by atoms with Crippen molar-refractivity contribution in [3.8, 4) is 0 Å². The van der Waals surface area contributed by atoms with Crippen LogP contribution in [0, 0.1) is 12.3 Å². The minimum absolute atomic E-state index is 0.0843. The molecule has 0 amide bonds. The fourth-order valence-corrected chi connectivity index (χ4v) is 3.20. The molecule has 1 rings (SSSR count). The summed E-state index contributed by atoms with van der Waals surface area (Å²) >= 11 is 3.67. The first kappa shape index (κ1) is 17.7. The summed E-state index contributed by atoms with van der Waals surface area (Å²) in [6.07, 6.45) is 1.03. The molecule has 0 saturated carbocycles. The molecule has 0 aliphatic rings. The Hall–Kier alpha value is -0.390. The second-order valence-corrected chi connectivity index (χ2v) is 7.08. The topological polar surface area (TPSA) is 39.1 Å². The number of aryl methyl sites for hydroxylation is 2. The molecule has 1 heterocycles. The van der Waals surface area contributed by atoms with E-state index in [1.165, 1.54) is 5.69 Å². The van der Waals surface area contributed by atoms with E-state index in [2.05, 4.69) is 58.7 Å². The molecule has 20 heavy (non-hydrogen) atoms. The van der Waals surface area contributed by atoms with Crippen molar-refractivity contribution < 1.29 is 4.74 Å².